The van der Waals surface area contributed by atoms with Gasteiger partial charge in [0.25, 0.3) is 0 Å². The number of hydrogen-bond acceptors (Lipinski definition) is 8. The molecule has 2 aromatic carbocycles. The van der Waals surface area contributed by atoms with Crippen molar-refractivity contribution in [3.63, 3.8) is 0 Å². The summed E-state index contributed by atoms with van der Waals surface area (Å²) in [5.74, 6) is -6.17. The smallest absolute Gasteiger partial charge is 0.245 e. The lowest BCUT2D eigenvalue weighted by Crippen LogP contribution is -2.61. The highest BCUT2D eigenvalue weighted by molar-refractivity contribution is 5.98. The number of aliphatic hydroxyl groups excluding tert-OH is 1. The molecule has 16 nitrogen and oxygen atoms in total. The van der Waals surface area contributed by atoms with E-state index in [0.29, 0.717) is 11.1 Å². The van der Waals surface area contributed by atoms with Gasteiger partial charge in [-0.25, -0.2) is 0 Å². The lowest BCUT2D eigenvalue weighted by molar-refractivity contribution is -0.136. The Kier molecular flexibility index (Phi) is 14.3. The lowest BCUT2D eigenvalue weighted by Gasteiger charge is -2.29. The molecule has 1 saturated heterocycles. The maximum absolute atomic E-state index is 13.9. The molecule has 1 aliphatic heterocycles. The van der Waals surface area contributed by atoms with Crippen LogP contribution in [-0.4, -0.2) is 101 Å². The van der Waals surface area contributed by atoms with Gasteiger partial charge in [0.15, 0.2) is 0 Å². The van der Waals surface area contributed by atoms with Crippen molar-refractivity contribution in [3.8, 4) is 0 Å². The van der Waals surface area contributed by atoms with Crippen LogP contribution in [0.25, 0.3) is 10.9 Å². The van der Waals surface area contributed by atoms with E-state index in [4.69, 9.17) is 0 Å². The molecule has 6 atom stereocenters. The molecule has 0 bridgehead atoms. The van der Waals surface area contributed by atoms with Crippen LogP contribution in [0.15, 0.2) is 60.8 Å². The number of para-hydroxylation sites is 1. The maximum atomic E-state index is 13.9. The van der Waals surface area contributed by atoms with Crippen molar-refractivity contribution in [3.05, 3.63) is 71.9 Å². The molecule has 290 valence electrons. The van der Waals surface area contributed by atoms with Crippen molar-refractivity contribution in [2.45, 2.75) is 83.7 Å². The van der Waals surface area contributed by atoms with Gasteiger partial charge in [0.05, 0.1) is 13.2 Å². The topological polar surface area (TPSA) is 240 Å². The zero-order valence-electron chi connectivity index (χ0n) is 31.0. The first-order valence-electron chi connectivity index (χ1n) is 18.0. The van der Waals surface area contributed by atoms with E-state index in [1.165, 1.54) is 6.92 Å². The van der Waals surface area contributed by atoms with Crippen LogP contribution >= 0.6 is 0 Å². The second kappa shape index (κ2) is 18.8. The Morgan fingerprint density at radius 3 is 1.80 bits per heavy atom. The van der Waals surface area contributed by atoms with Crippen LogP contribution < -0.4 is 37.2 Å². The molecule has 0 radical (unpaired) electrons. The fourth-order valence-corrected chi connectivity index (χ4v) is 6.03. The average Bonchev–Trinajstić information content (AvgIpc) is 3.55. The highest BCUT2D eigenvalue weighted by Gasteiger charge is 2.35. The SMILES string of the molecule is CC1NC(=O)C(Cc2c[nH]c3ccccc23)NC(=O)C(CO)NC(=O)C(C(C)C)NC(=O)C(Cc2ccccc2)NC(=O)C(C(C)C)NC(=O)CNC1=O. The van der Waals surface area contributed by atoms with Gasteiger partial charge in [-0.2, -0.15) is 0 Å². The summed E-state index contributed by atoms with van der Waals surface area (Å²) in [7, 11) is 0. The Labute approximate surface area is 313 Å². The van der Waals surface area contributed by atoms with Crippen LogP contribution in [0.5, 0.6) is 0 Å². The van der Waals surface area contributed by atoms with E-state index in [9.17, 15) is 38.7 Å². The van der Waals surface area contributed by atoms with Crippen LogP contribution in [-0.2, 0) is 46.4 Å². The van der Waals surface area contributed by atoms with E-state index >= 15 is 0 Å². The molecule has 6 unspecified atom stereocenters. The monoisotopic (exact) mass is 746 g/mol. The second-order valence-corrected chi connectivity index (χ2v) is 14.1. The minimum Gasteiger partial charge on any atom is -0.394 e. The number of aromatic amines is 1. The Morgan fingerprint density at radius 2 is 1.15 bits per heavy atom. The predicted octanol–water partition coefficient (Wildman–Crippen LogP) is -0.684. The van der Waals surface area contributed by atoms with Crippen LogP contribution in [0.3, 0.4) is 0 Å². The molecular formula is C38H50N8O8. The number of fused-ring (bicyclic) bond motifs is 1. The van der Waals surface area contributed by atoms with Crippen molar-refractivity contribution in [2.24, 2.45) is 11.8 Å². The summed E-state index contributed by atoms with van der Waals surface area (Å²) in [6, 6.07) is 8.72. The number of carbonyl (C=O) groups excluding carboxylic acids is 7. The zero-order valence-corrected chi connectivity index (χ0v) is 31.0. The number of nitrogens with one attached hydrogen (secondary N) is 8. The lowest BCUT2D eigenvalue weighted by atomic mass is 9.99. The van der Waals surface area contributed by atoms with Crippen molar-refractivity contribution in [2.75, 3.05) is 13.2 Å². The van der Waals surface area contributed by atoms with Gasteiger partial charge in [0.2, 0.25) is 41.4 Å². The standard InChI is InChI=1S/C38H50N8O8/c1-20(2)31-37(53)43-27(15-23-11-7-6-8-12-23)35(51)46-32(21(3)4)38(54)44-29(19-47)36(52)42-28(16-24-17-39-26-14-10-9-13-25(24)26)34(50)41-22(5)33(49)40-18-30(48)45-31/h6-14,17,20-22,27-29,31-32,39,47H,15-16,18-19H2,1-5H3,(H,40,49)(H,41,50)(H,42,52)(H,43,53)(H,44,54)(H,45,48)(H,46,51). The molecule has 54 heavy (non-hydrogen) atoms. The molecule has 2 heterocycles. The molecule has 0 aliphatic carbocycles. The second-order valence-electron chi connectivity index (χ2n) is 14.1. The Bertz CT molecular complexity index is 1830. The first-order valence-corrected chi connectivity index (χ1v) is 18.0. The summed E-state index contributed by atoms with van der Waals surface area (Å²) in [6.07, 6.45) is 1.70. The molecule has 0 spiro atoms. The molecule has 9 N–H and O–H groups in total. The molecular weight excluding hydrogens is 696 g/mol. The molecule has 0 saturated carbocycles. The van der Waals surface area contributed by atoms with Crippen LogP contribution in [0.1, 0.15) is 45.7 Å². The number of H-pyrrole nitrogens is 1. The number of hydrogen-bond donors (Lipinski definition) is 9. The number of rotatable bonds is 7. The van der Waals surface area contributed by atoms with Crippen LogP contribution in [0.4, 0.5) is 0 Å². The van der Waals surface area contributed by atoms with Crippen molar-refractivity contribution in [1.82, 2.24) is 42.2 Å². The minimum atomic E-state index is -1.53. The quantitative estimate of drug-likeness (QED) is 0.150. The summed E-state index contributed by atoms with van der Waals surface area (Å²) in [6.45, 7) is 6.78. The molecule has 16 heteroatoms. The average molecular weight is 747 g/mol. The predicted molar refractivity (Wildman–Crippen MR) is 199 cm³/mol. The van der Waals surface area contributed by atoms with Gasteiger partial charge in [-0.3, -0.25) is 33.6 Å². The summed E-state index contributed by atoms with van der Waals surface area (Å²) in [4.78, 5) is 97.6. The van der Waals surface area contributed by atoms with Crippen molar-refractivity contribution in [1.29, 1.82) is 0 Å². The van der Waals surface area contributed by atoms with E-state index in [1.54, 1.807) is 64.2 Å². The molecule has 4 rings (SSSR count). The minimum absolute atomic E-state index is 0.0322. The third-order valence-electron chi connectivity index (χ3n) is 9.15. The normalized spacial score (nSPS) is 24.4. The molecule has 3 aromatic rings. The van der Waals surface area contributed by atoms with Gasteiger partial charge < -0.3 is 47.3 Å². The first kappa shape index (κ1) is 41.0. The number of aromatic nitrogens is 1. The van der Waals surface area contributed by atoms with E-state index in [-0.39, 0.29) is 12.8 Å². The third-order valence-corrected chi connectivity index (χ3v) is 9.15. The largest absolute Gasteiger partial charge is 0.394 e. The summed E-state index contributed by atoms with van der Waals surface area (Å²) < 4.78 is 0. The highest BCUT2D eigenvalue weighted by Crippen LogP contribution is 2.19. The van der Waals surface area contributed by atoms with E-state index in [1.807, 2.05) is 24.3 Å². The van der Waals surface area contributed by atoms with Gasteiger partial charge in [0.1, 0.15) is 36.3 Å². The fourth-order valence-electron chi connectivity index (χ4n) is 6.03. The van der Waals surface area contributed by atoms with Gasteiger partial charge in [0, 0.05) is 29.9 Å². The fraction of sp³-hybridized carbons (Fsp3) is 0.447. The third kappa shape index (κ3) is 10.9. The Morgan fingerprint density at radius 1 is 0.611 bits per heavy atom. The van der Waals surface area contributed by atoms with Gasteiger partial charge in [-0.1, -0.05) is 76.2 Å². The molecule has 1 aliphatic rings. The van der Waals surface area contributed by atoms with Gasteiger partial charge in [-0.15, -0.1) is 0 Å². The number of carbonyl (C=O) groups is 7. The maximum Gasteiger partial charge on any atom is 0.245 e. The van der Waals surface area contributed by atoms with Crippen LogP contribution in [0, 0.1) is 11.8 Å². The molecule has 1 aromatic heterocycles. The first-order chi connectivity index (χ1) is 25.7. The van der Waals surface area contributed by atoms with E-state index < -0.39 is 103 Å². The highest BCUT2D eigenvalue weighted by atomic mass is 16.3. The molecule has 1 fully saturated rings. The van der Waals surface area contributed by atoms with Crippen LogP contribution in [0.2, 0.25) is 0 Å². The Balaban J connectivity index is 1.68. The van der Waals surface area contributed by atoms with E-state index in [2.05, 4.69) is 42.2 Å². The number of aliphatic hydroxyl groups is 1. The summed E-state index contributed by atoms with van der Waals surface area (Å²) >= 11 is 0. The van der Waals surface area contributed by atoms with Crippen molar-refractivity contribution >= 4 is 52.3 Å². The summed E-state index contributed by atoms with van der Waals surface area (Å²) in [5, 5.41) is 29.2. The number of benzene rings is 2. The van der Waals surface area contributed by atoms with Crippen molar-refractivity contribution < 1.29 is 38.7 Å². The zero-order chi connectivity index (χ0) is 39.5. The Hall–Kier alpha value is -5.77. The van der Waals surface area contributed by atoms with Gasteiger partial charge in [-0.05, 0) is 36.0 Å². The van der Waals surface area contributed by atoms with Gasteiger partial charge >= 0.3 is 0 Å². The van der Waals surface area contributed by atoms with E-state index in [0.717, 1.165) is 10.9 Å². The molecule has 7 amide bonds. The summed E-state index contributed by atoms with van der Waals surface area (Å²) in [5.41, 5.74) is 2.17. The number of amides is 7.